The van der Waals surface area contributed by atoms with Crippen molar-refractivity contribution < 1.29 is 13.2 Å². The average Bonchev–Trinajstić information content (AvgIpc) is 2.26. The zero-order valence-electron chi connectivity index (χ0n) is 9.67. The lowest BCUT2D eigenvalue weighted by atomic mass is 10.0. The van der Waals surface area contributed by atoms with Crippen LogP contribution in [0.3, 0.4) is 0 Å². The third-order valence-corrected chi connectivity index (χ3v) is 3.29. The van der Waals surface area contributed by atoms with E-state index < -0.39 is 15.9 Å². The molecule has 0 aliphatic heterocycles. The minimum Gasteiger partial charge on any atom is -0.321 e. The van der Waals surface area contributed by atoms with Crippen molar-refractivity contribution >= 4 is 15.6 Å². The Morgan fingerprint density at radius 3 is 2.76 bits per heavy atom. The first kappa shape index (κ1) is 13.8. The number of carbonyl (C=O) groups is 1. The summed E-state index contributed by atoms with van der Waals surface area (Å²) in [6, 6.07) is 2.80. The SMILES string of the molecule is CS(=O)(=O)CCC(N)C(=O)Cc1cccnc1. The quantitative estimate of drug-likeness (QED) is 0.771. The standard InChI is InChI=1S/C11H16N2O3S/c1-17(15,16)6-4-10(12)11(14)7-9-3-2-5-13-8-9/h2-3,5,8,10H,4,6-7,12H2,1H3. The van der Waals surface area contributed by atoms with Crippen LogP contribution in [0.15, 0.2) is 24.5 Å². The second-order valence-corrected chi connectivity index (χ2v) is 6.29. The molecule has 0 spiro atoms. The summed E-state index contributed by atoms with van der Waals surface area (Å²) in [7, 11) is -3.07. The van der Waals surface area contributed by atoms with Gasteiger partial charge in [-0.15, -0.1) is 0 Å². The number of nitrogens with zero attached hydrogens (tertiary/aromatic N) is 1. The Balaban J connectivity index is 2.48. The second-order valence-electron chi connectivity index (χ2n) is 4.03. The van der Waals surface area contributed by atoms with Crippen LogP contribution in [0.25, 0.3) is 0 Å². The molecular formula is C11H16N2O3S. The second kappa shape index (κ2) is 5.88. The molecule has 1 aromatic rings. The van der Waals surface area contributed by atoms with Gasteiger partial charge in [-0.25, -0.2) is 8.42 Å². The van der Waals surface area contributed by atoms with Crippen LogP contribution in [0.1, 0.15) is 12.0 Å². The summed E-state index contributed by atoms with van der Waals surface area (Å²) >= 11 is 0. The number of hydrogen-bond acceptors (Lipinski definition) is 5. The maximum Gasteiger partial charge on any atom is 0.153 e. The highest BCUT2D eigenvalue weighted by atomic mass is 32.2. The van der Waals surface area contributed by atoms with Crippen molar-refractivity contribution in [2.75, 3.05) is 12.0 Å². The van der Waals surface area contributed by atoms with Gasteiger partial charge in [0.15, 0.2) is 5.78 Å². The van der Waals surface area contributed by atoms with Gasteiger partial charge in [-0.05, 0) is 18.1 Å². The van der Waals surface area contributed by atoms with E-state index in [-0.39, 0.29) is 24.4 Å². The van der Waals surface area contributed by atoms with Gasteiger partial charge in [0.25, 0.3) is 0 Å². The molecule has 0 amide bonds. The van der Waals surface area contributed by atoms with Crippen LogP contribution in [0.2, 0.25) is 0 Å². The zero-order chi connectivity index (χ0) is 12.9. The number of ketones is 1. The van der Waals surface area contributed by atoms with E-state index in [4.69, 9.17) is 5.73 Å². The van der Waals surface area contributed by atoms with Crippen LogP contribution in [-0.4, -0.2) is 37.2 Å². The third-order valence-electron chi connectivity index (χ3n) is 2.31. The molecule has 0 radical (unpaired) electrons. The Kier molecular flexibility index (Phi) is 4.77. The van der Waals surface area contributed by atoms with Gasteiger partial charge >= 0.3 is 0 Å². The molecule has 1 heterocycles. The summed E-state index contributed by atoms with van der Waals surface area (Å²) in [5.74, 6) is -0.228. The van der Waals surface area contributed by atoms with Crippen molar-refractivity contribution in [1.29, 1.82) is 0 Å². The molecule has 0 fully saturated rings. The average molecular weight is 256 g/mol. The zero-order valence-corrected chi connectivity index (χ0v) is 10.5. The van der Waals surface area contributed by atoms with Crippen molar-refractivity contribution in [2.24, 2.45) is 5.73 Å². The van der Waals surface area contributed by atoms with E-state index >= 15 is 0 Å². The van der Waals surface area contributed by atoms with Gasteiger partial charge < -0.3 is 5.73 Å². The lowest BCUT2D eigenvalue weighted by Crippen LogP contribution is -2.33. The van der Waals surface area contributed by atoms with E-state index in [1.54, 1.807) is 24.5 Å². The number of pyridine rings is 1. The van der Waals surface area contributed by atoms with E-state index in [0.717, 1.165) is 11.8 Å². The summed E-state index contributed by atoms with van der Waals surface area (Å²) in [6.45, 7) is 0. The Hall–Kier alpha value is -1.27. The molecule has 1 atom stereocenters. The van der Waals surface area contributed by atoms with E-state index in [1.807, 2.05) is 0 Å². The van der Waals surface area contributed by atoms with Crippen molar-refractivity contribution in [2.45, 2.75) is 18.9 Å². The normalized spacial score (nSPS) is 13.3. The summed E-state index contributed by atoms with van der Waals surface area (Å²) < 4.78 is 21.9. The van der Waals surface area contributed by atoms with E-state index in [9.17, 15) is 13.2 Å². The molecule has 6 heteroatoms. The summed E-state index contributed by atoms with van der Waals surface area (Å²) in [4.78, 5) is 15.6. The molecule has 17 heavy (non-hydrogen) atoms. The van der Waals surface area contributed by atoms with Crippen LogP contribution < -0.4 is 5.73 Å². The van der Waals surface area contributed by atoms with Crippen LogP contribution in [-0.2, 0) is 21.1 Å². The van der Waals surface area contributed by atoms with Gasteiger partial charge in [-0.1, -0.05) is 6.07 Å². The molecule has 0 bridgehead atoms. The highest BCUT2D eigenvalue weighted by molar-refractivity contribution is 7.90. The predicted molar refractivity (Wildman–Crippen MR) is 65.3 cm³/mol. The minimum atomic E-state index is -3.07. The molecule has 1 unspecified atom stereocenters. The fraction of sp³-hybridized carbons (Fsp3) is 0.455. The van der Waals surface area contributed by atoms with Gasteiger partial charge in [-0.2, -0.15) is 0 Å². The molecule has 5 nitrogen and oxygen atoms in total. The number of rotatable bonds is 6. The van der Waals surface area contributed by atoms with Gasteiger partial charge in [0.1, 0.15) is 9.84 Å². The fourth-order valence-corrected chi connectivity index (χ4v) is 2.02. The lowest BCUT2D eigenvalue weighted by molar-refractivity contribution is -0.119. The maximum absolute atomic E-state index is 11.7. The fourth-order valence-electron chi connectivity index (χ4n) is 1.34. The van der Waals surface area contributed by atoms with Gasteiger partial charge in [0, 0.05) is 25.1 Å². The van der Waals surface area contributed by atoms with E-state index in [1.165, 1.54) is 0 Å². The van der Waals surface area contributed by atoms with Crippen molar-refractivity contribution in [3.8, 4) is 0 Å². The monoisotopic (exact) mass is 256 g/mol. The van der Waals surface area contributed by atoms with Gasteiger partial charge in [-0.3, -0.25) is 9.78 Å². The lowest BCUT2D eigenvalue weighted by Gasteiger charge is -2.09. The molecule has 0 saturated carbocycles. The topological polar surface area (TPSA) is 90.1 Å². The molecule has 1 rings (SSSR count). The molecule has 1 aromatic heterocycles. The Morgan fingerprint density at radius 2 is 2.24 bits per heavy atom. The van der Waals surface area contributed by atoms with Gasteiger partial charge in [0.05, 0.1) is 11.8 Å². The van der Waals surface area contributed by atoms with E-state index in [0.29, 0.717) is 0 Å². The van der Waals surface area contributed by atoms with Crippen LogP contribution >= 0.6 is 0 Å². The number of Topliss-reactive ketones (excluding diaryl/α,β-unsaturated/α-hetero) is 1. The molecule has 2 N–H and O–H groups in total. The van der Waals surface area contributed by atoms with Crippen molar-refractivity contribution in [1.82, 2.24) is 4.98 Å². The Bertz CT molecular complexity index is 471. The summed E-state index contributed by atoms with van der Waals surface area (Å²) in [5.41, 5.74) is 6.42. The number of nitrogens with two attached hydrogens (primary N) is 1. The van der Waals surface area contributed by atoms with Crippen LogP contribution in [0, 0.1) is 0 Å². The largest absolute Gasteiger partial charge is 0.321 e. The molecule has 0 aliphatic rings. The van der Waals surface area contributed by atoms with E-state index in [2.05, 4.69) is 4.98 Å². The third kappa shape index (κ3) is 5.55. The highest BCUT2D eigenvalue weighted by Gasteiger charge is 2.16. The predicted octanol–water partition coefficient (Wildman–Crippen LogP) is -0.0448. The first-order valence-electron chi connectivity index (χ1n) is 5.23. The van der Waals surface area contributed by atoms with Crippen LogP contribution in [0.4, 0.5) is 0 Å². The minimum absolute atomic E-state index is 0.0626. The van der Waals surface area contributed by atoms with Crippen molar-refractivity contribution in [3.63, 3.8) is 0 Å². The first-order chi connectivity index (χ1) is 7.88. The number of sulfone groups is 1. The summed E-state index contributed by atoms with van der Waals surface area (Å²) in [5, 5.41) is 0. The first-order valence-corrected chi connectivity index (χ1v) is 7.29. The molecule has 94 valence electrons. The number of hydrogen-bond donors (Lipinski definition) is 1. The van der Waals surface area contributed by atoms with Gasteiger partial charge in [0.2, 0.25) is 0 Å². The maximum atomic E-state index is 11.7. The number of aromatic nitrogens is 1. The Morgan fingerprint density at radius 1 is 1.53 bits per heavy atom. The molecule has 0 saturated heterocycles. The summed E-state index contributed by atoms with van der Waals surface area (Å²) in [6.07, 6.45) is 4.71. The van der Waals surface area contributed by atoms with Crippen LogP contribution in [0.5, 0.6) is 0 Å². The molecular weight excluding hydrogens is 240 g/mol. The Labute approximate surface area is 101 Å². The van der Waals surface area contributed by atoms with Crippen molar-refractivity contribution in [3.05, 3.63) is 30.1 Å². The smallest absolute Gasteiger partial charge is 0.153 e. The molecule has 0 aromatic carbocycles. The highest BCUT2D eigenvalue weighted by Crippen LogP contribution is 2.02. The number of carbonyl (C=O) groups excluding carboxylic acids is 1. The molecule has 0 aliphatic carbocycles.